The van der Waals surface area contributed by atoms with Crippen molar-refractivity contribution < 1.29 is 4.39 Å². The van der Waals surface area contributed by atoms with Crippen LogP contribution in [0.15, 0.2) is 71.6 Å². The number of nitrogens with one attached hydrogen (secondary N) is 1. The van der Waals surface area contributed by atoms with Crippen molar-refractivity contribution in [3.05, 3.63) is 88.8 Å². The third-order valence-corrected chi connectivity index (χ3v) is 4.16. The zero-order valence-electron chi connectivity index (χ0n) is 13.4. The van der Waals surface area contributed by atoms with Gasteiger partial charge >= 0.3 is 0 Å². The summed E-state index contributed by atoms with van der Waals surface area (Å²) in [4.78, 5) is 17.7. The van der Waals surface area contributed by atoms with Crippen molar-refractivity contribution in [3.63, 3.8) is 0 Å². The summed E-state index contributed by atoms with van der Waals surface area (Å²) >= 11 is 0. The van der Waals surface area contributed by atoms with Crippen molar-refractivity contribution in [2.24, 2.45) is 0 Å². The Balaban J connectivity index is 1.91. The zero-order valence-corrected chi connectivity index (χ0v) is 13.4. The summed E-state index contributed by atoms with van der Waals surface area (Å²) in [5.41, 5.74) is 5.15. The van der Waals surface area contributed by atoms with Crippen molar-refractivity contribution in [1.29, 1.82) is 0 Å². The molecule has 1 heterocycles. The first kappa shape index (κ1) is 15.3. The van der Waals surface area contributed by atoms with Crippen LogP contribution in [-0.2, 0) is 0 Å². The molecular formula is C20H16FN3O. The number of anilines is 1. The zero-order chi connectivity index (χ0) is 17.2. The summed E-state index contributed by atoms with van der Waals surface area (Å²) in [5.74, 6) is 0.257. The Bertz CT molecular complexity index is 1050. The first-order valence-corrected chi connectivity index (χ1v) is 8.13. The lowest BCUT2D eigenvalue weighted by atomic mass is 10.0. The van der Waals surface area contributed by atoms with E-state index in [0.717, 1.165) is 18.4 Å². The second-order valence-electron chi connectivity index (χ2n) is 5.87. The van der Waals surface area contributed by atoms with Crippen molar-refractivity contribution in [3.8, 4) is 0 Å². The van der Waals surface area contributed by atoms with E-state index >= 15 is 0 Å². The second-order valence-corrected chi connectivity index (χ2v) is 5.87. The number of halogens is 1. The lowest BCUT2D eigenvalue weighted by Gasteiger charge is -2.18. The molecule has 4 rings (SSSR count). The quantitative estimate of drug-likeness (QED) is 0.783. The van der Waals surface area contributed by atoms with E-state index in [4.69, 9.17) is 4.98 Å². The number of nitrogens with zero attached hydrogens (tertiary/aromatic N) is 2. The van der Waals surface area contributed by atoms with E-state index in [-0.39, 0.29) is 11.4 Å². The van der Waals surface area contributed by atoms with Crippen molar-refractivity contribution in [2.45, 2.75) is 12.8 Å². The molecule has 0 saturated heterocycles. The highest BCUT2D eigenvalue weighted by atomic mass is 19.1. The smallest absolute Gasteiger partial charge is 0.280 e. The van der Waals surface area contributed by atoms with Crippen LogP contribution >= 0.6 is 0 Å². The van der Waals surface area contributed by atoms with Crippen LogP contribution < -0.4 is 11.0 Å². The fraction of sp³-hybridized carbons (Fsp3) is 0.100. The molecule has 4 nitrogen and oxygen atoms in total. The fourth-order valence-corrected chi connectivity index (χ4v) is 2.89. The number of fused-ring (bicyclic) bond motifs is 1. The minimum atomic E-state index is -0.324. The molecular weight excluding hydrogens is 317 g/mol. The molecule has 0 amide bonds. The predicted molar refractivity (Wildman–Crippen MR) is 97.8 cm³/mol. The molecule has 0 bridgehead atoms. The standard InChI is InChI=1S/C20H16FN3O/c21-15-10-12-16(13-11-15)23-24-19(14-6-2-1-3-7-14)22-18-9-5-4-8-17(18)20(24)25/h1-2,4-6,8-13,23H,3,7H2. The van der Waals surface area contributed by atoms with Gasteiger partial charge in [-0.1, -0.05) is 30.4 Å². The van der Waals surface area contributed by atoms with E-state index in [1.165, 1.54) is 16.8 Å². The van der Waals surface area contributed by atoms with Crippen molar-refractivity contribution in [2.75, 3.05) is 5.43 Å². The number of rotatable bonds is 3. The minimum absolute atomic E-state index is 0.180. The number of hydrogen-bond acceptors (Lipinski definition) is 3. The van der Waals surface area contributed by atoms with E-state index in [1.54, 1.807) is 18.2 Å². The average Bonchev–Trinajstić information content (AvgIpc) is 2.66. The van der Waals surface area contributed by atoms with Gasteiger partial charge in [-0.25, -0.2) is 14.1 Å². The molecule has 1 N–H and O–H groups in total. The number of hydrogen-bond donors (Lipinski definition) is 1. The summed E-state index contributed by atoms with van der Waals surface area (Å²) in [6.45, 7) is 0. The van der Waals surface area contributed by atoms with Crippen LogP contribution in [0, 0.1) is 5.82 Å². The Hall–Kier alpha value is -3.21. The molecule has 0 aliphatic heterocycles. The predicted octanol–water partition coefficient (Wildman–Crippen LogP) is 4.14. The highest BCUT2D eigenvalue weighted by Gasteiger charge is 2.15. The second kappa shape index (κ2) is 6.36. The van der Waals surface area contributed by atoms with E-state index in [2.05, 4.69) is 11.5 Å². The molecule has 25 heavy (non-hydrogen) atoms. The van der Waals surface area contributed by atoms with Gasteiger partial charge in [-0.3, -0.25) is 10.2 Å². The minimum Gasteiger partial charge on any atom is -0.290 e. The van der Waals surface area contributed by atoms with Crippen LogP contribution in [0.1, 0.15) is 18.7 Å². The van der Waals surface area contributed by atoms with E-state index in [0.29, 0.717) is 22.4 Å². The lowest BCUT2D eigenvalue weighted by Crippen LogP contribution is -2.30. The molecule has 5 heteroatoms. The monoisotopic (exact) mass is 333 g/mol. The van der Waals surface area contributed by atoms with Crippen LogP contribution in [0.2, 0.25) is 0 Å². The Kier molecular flexibility index (Phi) is 3.90. The van der Waals surface area contributed by atoms with Gasteiger partial charge < -0.3 is 0 Å². The molecule has 1 aromatic heterocycles. The highest BCUT2D eigenvalue weighted by Crippen LogP contribution is 2.23. The van der Waals surface area contributed by atoms with Crippen molar-refractivity contribution >= 4 is 22.2 Å². The maximum Gasteiger partial charge on any atom is 0.280 e. The summed E-state index contributed by atoms with van der Waals surface area (Å²) in [6.07, 6.45) is 7.75. The normalized spacial score (nSPS) is 13.7. The molecule has 124 valence electrons. The van der Waals surface area contributed by atoms with E-state index in [1.807, 2.05) is 30.4 Å². The van der Waals surface area contributed by atoms with Gasteiger partial charge in [0.25, 0.3) is 5.56 Å². The fourth-order valence-electron chi connectivity index (χ4n) is 2.89. The van der Waals surface area contributed by atoms with Gasteiger partial charge in [0.05, 0.1) is 16.6 Å². The molecule has 2 aromatic carbocycles. The van der Waals surface area contributed by atoms with Gasteiger partial charge in [0.15, 0.2) is 5.82 Å². The lowest BCUT2D eigenvalue weighted by molar-refractivity contribution is 0.628. The van der Waals surface area contributed by atoms with Gasteiger partial charge in [-0.05, 0) is 54.8 Å². The molecule has 0 atom stereocenters. The van der Waals surface area contributed by atoms with Gasteiger partial charge in [-0.2, -0.15) is 0 Å². The SMILES string of the molecule is O=c1c2ccccc2nc(C2=CC=CCC2)n1Nc1ccc(F)cc1. The van der Waals surface area contributed by atoms with Gasteiger partial charge in [0.1, 0.15) is 5.82 Å². The van der Waals surface area contributed by atoms with Gasteiger partial charge in [-0.15, -0.1) is 0 Å². The number of aromatic nitrogens is 2. The molecule has 0 spiro atoms. The van der Waals surface area contributed by atoms with Gasteiger partial charge in [0, 0.05) is 0 Å². The molecule has 1 aliphatic carbocycles. The molecule has 3 aromatic rings. The topological polar surface area (TPSA) is 46.9 Å². The van der Waals surface area contributed by atoms with Crippen molar-refractivity contribution in [1.82, 2.24) is 9.66 Å². The van der Waals surface area contributed by atoms with Crippen LogP contribution in [0.25, 0.3) is 16.5 Å². The van der Waals surface area contributed by atoms with Crippen LogP contribution in [0.5, 0.6) is 0 Å². The largest absolute Gasteiger partial charge is 0.290 e. The van der Waals surface area contributed by atoms with E-state index in [9.17, 15) is 9.18 Å². The molecule has 0 fully saturated rings. The maximum atomic E-state index is 13.2. The third-order valence-electron chi connectivity index (χ3n) is 4.16. The summed E-state index contributed by atoms with van der Waals surface area (Å²) in [6, 6.07) is 13.2. The Morgan fingerprint density at radius 1 is 1.08 bits per heavy atom. The third kappa shape index (κ3) is 2.96. The number of allylic oxidation sites excluding steroid dienone is 4. The first-order valence-electron chi connectivity index (χ1n) is 8.13. The highest BCUT2D eigenvalue weighted by molar-refractivity contribution is 5.80. The summed E-state index contributed by atoms with van der Waals surface area (Å²) in [7, 11) is 0. The van der Waals surface area contributed by atoms with Gasteiger partial charge in [0.2, 0.25) is 0 Å². The Morgan fingerprint density at radius 2 is 1.88 bits per heavy atom. The van der Waals surface area contributed by atoms with E-state index < -0.39 is 0 Å². The first-order chi connectivity index (χ1) is 12.2. The summed E-state index contributed by atoms with van der Waals surface area (Å²) in [5, 5.41) is 0.535. The summed E-state index contributed by atoms with van der Waals surface area (Å²) < 4.78 is 14.6. The maximum absolute atomic E-state index is 13.2. The van der Waals surface area contributed by atoms with Crippen LogP contribution in [-0.4, -0.2) is 9.66 Å². The Labute approximate surface area is 143 Å². The molecule has 1 aliphatic rings. The molecule has 0 radical (unpaired) electrons. The van der Waals surface area contributed by atoms with Crippen LogP contribution in [0.4, 0.5) is 10.1 Å². The molecule has 0 saturated carbocycles. The number of benzene rings is 2. The molecule has 0 unspecified atom stereocenters. The average molecular weight is 333 g/mol. The number of para-hydroxylation sites is 1. The Morgan fingerprint density at radius 3 is 2.64 bits per heavy atom. The van der Waals surface area contributed by atoms with Crippen LogP contribution in [0.3, 0.4) is 0 Å².